The first kappa shape index (κ1) is 35.1. The summed E-state index contributed by atoms with van der Waals surface area (Å²) in [7, 11) is -2.24. The first-order chi connectivity index (χ1) is 22.7. The Hall–Kier alpha value is -4.72. The predicted octanol–water partition coefficient (Wildman–Crippen LogP) is 5.58. The summed E-state index contributed by atoms with van der Waals surface area (Å²) >= 11 is 0. The van der Waals surface area contributed by atoms with E-state index in [1.165, 1.54) is 7.11 Å². The highest BCUT2D eigenvalue weighted by atomic mass is 31.2. The SMILES string of the molecule is COc1cccc(P(=O)(OCC(=O)[C@H](Cc2ccccc2)NC(=O)[C@H](CC(C)C)NC(=O)OCc2ccccc2)c2ccccc2)c1. The van der Waals surface area contributed by atoms with Gasteiger partial charge in [0.25, 0.3) is 7.37 Å². The number of hydrogen-bond acceptors (Lipinski definition) is 7. The molecule has 0 aromatic heterocycles. The number of alkyl carbamates (subject to hydrolysis) is 1. The molecule has 0 heterocycles. The first-order valence-electron chi connectivity index (χ1n) is 15.5. The number of rotatable bonds is 16. The van der Waals surface area contributed by atoms with E-state index in [0.29, 0.717) is 22.8 Å². The van der Waals surface area contributed by atoms with Gasteiger partial charge >= 0.3 is 6.09 Å². The minimum Gasteiger partial charge on any atom is -0.497 e. The number of benzene rings is 4. The Labute approximate surface area is 276 Å². The highest BCUT2D eigenvalue weighted by Gasteiger charge is 2.33. The molecule has 0 aliphatic carbocycles. The largest absolute Gasteiger partial charge is 0.497 e. The molecule has 2 amide bonds. The minimum absolute atomic E-state index is 0.0455. The Morgan fingerprint density at radius 2 is 1.32 bits per heavy atom. The van der Waals surface area contributed by atoms with Gasteiger partial charge in [-0.1, -0.05) is 98.8 Å². The maximum Gasteiger partial charge on any atom is 0.408 e. The van der Waals surface area contributed by atoms with Crippen molar-refractivity contribution >= 4 is 35.8 Å². The topological polar surface area (TPSA) is 120 Å². The number of hydrogen-bond donors (Lipinski definition) is 2. The van der Waals surface area contributed by atoms with Crippen molar-refractivity contribution in [3.63, 3.8) is 0 Å². The van der Waals surface area contributed by atoms with E-state index in [1.54, 1.807) is 54.6 Å². The third-order valence-corrected chi connectivity index (χ3v) is 9.82. The van der Waals surface area contributed by atoms with E-state index in [4.69, 9.17) is 14.0 Å². The molecule has 0 bridgehead atoms. The van der Waals surface area contributed by atoms with E-state index >= 15 is 0 Å². The van der Waals surface area contributed by atoms with Crippen LogP contribution < -0.4 is 26.0 Å². The molecule has 4 aromatic rings. The van der Waals surface area contributed by atoms with E-state index < -0.39 is 43.8 Å². The van der Waals surface area contributed by atoms with Crippen molar-refractivity contribution in [3.05, 3.63) is 126 Å². The Morgan fingerprint density at radius 3 is 1.94 bits per heavy atom. The molecule has 246 valence electrons. The van der Waals surface area contributed by atoms with Crippen molar-refractivity contribution in [1.29, 1.82) is 0 Å². The Morgan fingerprint density at radius 1 is 0.723 bits per heavy atom. The monoisotopic (exact) mass is 656 g/mol. The van der Waals surface area contributed by atoms with Crippen LogP contribution in [0, 0.1) is 5.92 Å². The van der Waals surface area contributed by atoms with Crippen molar-refractivity contribution < 1.29 is 32.9 Å². The number of methoxy groups -OCH3 is 1. The number of amides is 2. The molecule has 1 unspecified atom stereocenters. The fourth-order valence-electron chi connectivity index (χ4n) is 4.95. The Bertz CT molecular complexity index is 1650. The maximum atomic E-state index is 14.5. The van der Waals surface area contributed by atoms with Crippen molar-refractivity contribution in [1.82, 2.24) is 10.6 Å². The number of Topliss-reactive ketones (excluding diaryl/α,β-unsaturated/α-hetero) is 1. The molecule has 4 rings (SSSR count). The summed E-state index contributed by atoms with van der Waals surface area (Å²) in [6, 6.07) is 31.9. The number of carbonyl (C=O) groups excluding carboxylic acids is 3. The Kier molecular flexibility index (Phi) is 12.9. The molecule has 0 saturated heterocycles. The maximum absolute atomic E-state index is 14.5. The first-order valence-corrected chi connectivity index (χ1v) is 17.1. The zero-order valence-corrected chi connectivity index (χ0v) is 27.7. The third-order valence-electron chi connectivity index (χ3n) is 7.39. The van der Waals surface area contributed by atoms with Crippen LogP contribution in [0.2, 0.25) is 0 Å². The molecular formula is C37H41N2O7P. The highest BCUT2D eigenvalue weighted by molar-refractivity contribution is 7.74. The van der Waals surface area contributed by atoms with Gasteiger partial charge in [0.15, 0.2) is 5.78 Å². The molecule has 0 spiro atoms. The third kappa shape index (κ3) is 10.4. The number of ketones is 1. The lowest BCUT2D eigenvalue weighted by molar-refractivity contribution is -0.130. The van der Waals surface area contributed by atoms with Crippen molar-refractivity contribution in [2.24, 2.45) is 5.92 Å². The summed E-state index contributed by atoms with van der Waals surface area (Å²) in [5, 5.41) is 6.29. The molecule has 0 fully saturated rings. The minimum atomic E-state index is -3.75. The van der Waals surface area contributed by atoms with E-state index in [1.807, 2.05) is 74.5 Å². The lowest BCUT2D eigenvalue weighted by Crippen LogP contribution is -2.53. The Balaban J connectivity index is 1.53. The molecule has 0 aliphatic heterocycles. The van der Waals surface area contributed by atoms with Crippen LogP contribution in [0.4, 0.5) is 4.79 Å². The van der Waals surface area contributed by atoms with Gasteiger partial charge in [-0.2, -0.15) is 0 Å². The molecule has 47 heavy (non-hydrogen) atoms. The van der Waals surface area contributed by atoms with Crippen LogP contribution in [0.5, 0.6) is 5.75 Å². The molecular weight excluding hydrogens is 615 g/mol. The van der Waals surface area contributed by atoms with Crippen LogP contribution in [-0.4, -0.2) is 43.6 Å². The van der Waals surface area contributed by atoms with Gasteiger partial charge in [-0.25, -0.2) is 4.79 Å². The smallest absolute Gasteiger partial charge is 0.408 e. The van der Waals surface area contributed by atoms with Gasteiger partial charge in [-0.3, -0.25) is 14.2 Å². The summed E-state index contributed by atoms with van der Waals surface area (Å²) in [4.78, 5) is 40.2. The van der Waals surface area contributed by atoms with Gasteiger partial charge in [0, 0.05) is 10.6 Å². The van der Waals surface area contributed by atoms with Crippen LogP contribution in [0.3, 0.4) is 0 Å². The molecule has 10 heteroatoms. The van der Waals surface area contributed by atoms with Crippen molar-refractivity contribution in [3.8, 4) is 5.75 Å². The van der Waals surface area contributed by atoms with Crippen molar-refractivity contribution in [2.45, 2.75) is 45.4 Å². The predicted molar refractivity (Wildman–Crippen MR) is 182 cm³/mol. The van der Waals surface area contributed by atoms with Crippen LogP contribution in [0.25, 0.3) is 0 Å². The summed E-state index contributed by atoms with van der Waals surface area (Å²) < 4.78 is 31.3. The van der Waals surface area contributed by atoms with Crippen LogP contribution >= 0.6 is 7.37 Å². The molecule has 0 saturated carbocycles. The zero-order valence-electron chi connectivity index (χ0n) is 26.8. The second-order valence-corrected chi connectivity index (χ2v) is 13.9. The van der Waals surface area contributed by atoms with Crippen LogP contribution in [0.15, 0.2) is 115 Å². The van der Waals surface area contributed by atoms with Crippen LogP contribution in [-0.2, 0) is 36.4 Å². The van der Waals surface area contributed by atoms with E-state index in [0.717, 1.165) is 11.1 Å². The second kappa shape index (κ2) is 17.3. The molecule has 3 atom stereocenters. The summed E-state index contributed by atoms with van der Waals surface area (Å²) in [5.74, 6) is -0.472. The fourth-order valence-corrected chi connectivity index (χ4v) is 7.00. The van der Waals surface area contributed by atoms with E-state index in [9.17, 15) is 18.9 Å². The van der Waals surface area contributed by atoms with E-state index in [2.05, 4.69) is 10.6 Å². The van der Waals surface area contributed by atoms with Gasteiger partial charge in [0.1, 0.15) is 25.0 Å². The summed E-state index contributed by atoms with van der Waals surface area (Å²) in [6.07, 6.45) is -0.268. The number of nitrogens with one attached hydrogen (secondary N) is 2. The molecule has 9 nitrogen and oxygen atoms in total. The van der Waals surface area contributed by atoms with Gasteiger partial charge in [0.05, 0.1) is 13.2 Å². The summed E-state index contributed by atoms with van der Waals surface area (Å²) in [6.45, 7) is 3.36. The standard InChI is InChI=1S/C37H41N2O7P/c1-27(2)22-34(39-37(42)45-25-29-16-9-5-10-17-29)36(41)38-33(23-28-14-7-4-8-15-28)35(40)26-46-47(43,31-19-11-6-12-20-31)32-21-13-18-30(24-32)44-3/h4-21,24,27,33-34H,22-23,25-26H2,1-3H3,(H,38,41)(H,39,42)/t33-,34-,47?/m0/s1. The van der Waals surface area contributed by atoms with Gasteiger partial charge in [-0.15, -0.1) is 0 Å². The molecule has 0 radical (unpaired) electrons. The quantitative estimate of drug-likeness (QED) is 0.151. The molecule has 0 aliphatic rings. The number of carbonyl (C=O) groups is 3. The van der Waals surface area contributed by atoms with Gasteiger partial charge in [0.2, 0.25) is 5.91 Å². The van der Waals surface area contributed by atoms with Gasteiger partial charge < -0.3 is 24.6 Å². The van der Waals surface area contributed by atoms with E-state index in [-0.39, 0.29) is 18.9 Å². The van der Waals surface area contributed by atoms with Gasteiger partial charge in [-0.05, 0) is 60.2 Å². The average molecular weight is 657 g/mol. The van der Waals surface area contributed by atoms with Crippen LogP contribution in [0.1, 0.15) is 31.4 Å². The average Bonchev–Trinajstić information content (AvgIpc) is 3.10. The highest BCUT2D eigenvalue weighted by Crippen LogP contribution is 2.45. The zero-order chi connectivity index (χ0) is 33.6. The fraction of sp³-hybridized carbons (Fsp3) is 0.270. The summed E-state index contributed by atoms with van der Waals surface area (Å²) in [5.41, 5.74) is 1.61. The second-order valence-electron chi connectivity index (χ2n) is 11.5. The lowest BCUT2D eigenvalue weighted by atomic mass is 10.00. The molecule has 2 N–H and O–H groups in total. The number of ether oxygens (including phenoxy) is 2. The van der Waals surface area contributed by atoms with Crippen molar-refractivity contribution in [2.75, 3.05) is 13.7 Å². The normalized spacial score (nSPS) is 13.5. The molecule has 4 aromatic carbocycles. The lowest BCUT2D eigenvalue weighted by Gasteiger charge is -2.25.